The van der Waals surface area contributed by atoms with Crippen LogP contribution in [-0.2, 0) is 6.54 Å². The zero-order chi connectivity index (χ0) is 12.4. The van der Waals surface area contributed by atoms with E-state index in [1.165, 1.54) is 44.2 Å². The van der Waals surface area contributed by atoms with Crippen molar-refractivity contribution in [3.05, 3.63) is 35.9 Å². The third-order valence-electron chi connectivity index (χ3n) is 4.78. The standard InChI is InChI=1S/C16H24N2/c17-15-8-4-5-9-16-14(15)10-11-18(16)12-13-6-2-1-3-7-13/h1-3,6-7,14-16H,4-5,8-12,17H2. The van der Waals surface area contributed by atoms with Crippen LogP contribution in [0.5, 0.6) is 0 Å². The van der Waals surface area contributed by atoms with Crippen LogP contribution in [0, 0.1) is 5.92 Å². The van der Waals surface area contributed by atoms with E-state index in [9.17, 15) is 0 Å². The Labute approximate surface area is 110 Å². The Hall–Kier alpha value is -0.860. The molecule has 2 fully saturated rings. The maximum Gasteiger partial charge on any atom is 0.0236 e. The van der Waals surface area contributed by atoms with Gasteiger partial charge in [0, 0.05) is 18.6 Å². The lowest BCUT2D eigenvalue weighted by Gasteiger charge is -2.29. The molecule has 1 heterocycles. The molecule has 1 aromatic rings. The van der Waals surface area contributed by atoms with Gasteiger partial charge in [-0.15, -0.1) is 0 Å². The lowest BCUT2D eigenvalue weighted by molar-refractivity contribution is 0.201. The van der Waals surface area contributed by atoms with E-state index in [1.54, 1.807) is 0 Å². The summed E-state index contributed by atoms with van der Waals surface area (Å²) in [7, 11) is 0. The van der Waals surface area contributed by atoms with Gasteiger partial charge in [-0.1, -0.05) is 43.2 Å². The van der Waals surface area contributed by atoms with Gasteiger partial charge in [0.05, 0.1) is 0 Å². The van der Waals surface area contributed by atoms with Gasteiger partial charge in [0.2, 0.25) is 0 Å². The molecule has 98 valence electrons. The van der Waals surface area contributed by atoms with E-state index in [1.807, 2.05) is 0 Å². The fraction of sp³-hybridized carbons (Fsp3) is 0.625. The number of benzene rings is 1. The Morgan fingerprint density at radius 1 is 1.06 bits per heavy atom. The largest absolute Gasteiger partial charge is 0.327 e. The molecule has 3 atom stereocenters. The fourth-order valence-corrected chi connectivity index (χ4v) is 3.80. The van der Waals surface area contributed by atoms with Crippen molar-refractivity contribution < 1.29 is 0 Å². The summed E-state index contributed by atoms with van der Waals surface area (Å²) in [6, 6.07) is 12.0. The van der Waals surface area contributed by atoms with Crippen molar-refractivity contribution >= 4 is 0 Å². The fourth-order valence-electron chi connectivity index (χ4n) is 3.80. The predicted molar refractivity (Wildman–Crippen MR) is 75.2 cm³/mol. The molecule has 3 unspecified atom stereocenters. The monoisotopic (exact) mass is 244 g/mol. The van der Waals surface area contributed by atoms with Crippen molar-refractivity contribution in [3.8, 4) is 0 Å². The van der Waals surface area contributed by atoms with Crippen molar-refractivity contribution in [2.75, 3.05) is 6.54 Å². The maximum absolute atomic E-state index is 6.35. The van der Waals surface area contributed by atoms with Crippen LogP contribution < -0.4 is 5.73 Å². The Morgan fingerprint density at radius 2 is 1.83 bits per heavy atom. The topological polar surface area (TPSA) is 29.3 Å². The van der Waals surface area contributed by atoms with Crippen LogP contribution in [-0.4, -0.2) is 23.5 Å². The third kappa shape index (κ3) is 2.45. The number of rotatable bonds is 2. The predicted octanol–water partition coefficient (Wildman–Crippen LogP) is 2.78. The first-order chi connectivity index (χ1) is 8.84. The van der Waals surface area contributed by atoms with Gasteiger partial charge in [0.1, 0.15) is 0 Å². The smallest absolute Gasteiger partial charge is 0.0236 e. The molecule has 0 spiro atoms. The highest BCUT2D eigenvalue weighted by molar-refractivity contribution is 5.15. The first-order valence-corrected chi connectivity index (χ1v) is 7.38. The van der Waals surface area contributed by atoms with Crippen LogP contribution in [0.3, 0.4) is 0 Å². The molecule has 2 N–H and O–H groups in total. The molecule has 0 amide bonds. The van der Waals surface area contributed by atoms with E-state index in [0.29, 0.717) is 6.04 Å². The van der Waals surface area contributed by atoms with Crippen LogP contribution in [0.15, 0.2) is 30.3 Å². The van der Waals surface area contributed by atoms with Crippen molar-refractivity contribution in [3.63, 3.8) is 0 Å². The number of fused-ring (bicyclic) bond motifs is 1. The Bertz CT molecular complexity index is 376. The molecule has 18 heavy (non-hydrogen) atoms. The molecule has 2 heteroatoms. The van der Waals surface area contributed by atoms with Crippen molar-refractivity contribution in [2.45, 2.75) is 50.7 Å². The molecule has 2 nitrogen and oxygen atoms in total. The minimum atomic E-state index is 0.443. The molecular weight excluding hydrogens is 220 g/mol. The average molecular weight is 244 g/mol. The maximum atomic E-state index is 6.35. The van der Waals surface area contributed by atoms with Crippen LogP contribution in [0.1, 0.15) is 37.7 Å². The normalized spacial score (nSPS) is 33.1. The summed E-state index contributed by atoms with van der Waals surface area (Å²) in [5.41, 5.74) is 7.79. The summed E-state index contributed by atoms with van der Waals surface area (Å²) in [6.45, 7) is 2.34. The molecule has 1 saturated carbocycles. The minimum absolute atomic E-state index is 0.443. The zero-order valence-electron chi connectivity index (χ0n) is 11.1. The van der Waals surface area contributed by atoms with E-state index in [2.05, 4.69) is 35.2 Å². The van der Waals surface area contributed by atoms with E-state index in [-0.39, 0.29) is 0 Å². The van der Waals surface area contributed by atoms with Gasteiger partial charge in [-0.05, 0) is 37.3 Å². The second-order valence-corrected chi connectivity index (χ2v) is 5.92. The molecule has 1 aliphatic heterocycles. The summed E-state index contributed by atoms with van der Waals surface area (Å²) in [5.74, 6) is 0.746. The van der Waals surface area contributed by atoms with E-state index < -0.39 is 0 Å². The second kappa shape index (κ2) is 5.41. The number of hydrogen-bond donors (Lipinski definition) is 1. The van der Waals surface area contributed by atoms with Crippen molar-refractivity contribution in [1.29, 1.82) is 0 Å². The summed E-state index contributed by atoms with van der Waals surface area (Å²) >= 11 is 0. The summed E-state index contributed by atoms with van der Waals surface area (Å²) < 4.78 is 0. The number of likely N-dealkylation sites (tertiary alicyclic amines) is 1. The summed E-state index contributed by atoms with van der Waals surface area (Å²) in [4.78, 5) is 2.67. The highest BCUT2D eigenvalue weighted by Gasteiger charge is 2.38. The highest BCUT2D eigenvalue weighted by Crippen LogP contribution is 2.35. The summed E-state index contributed by atoms with van der Waals surface area (Å²) in [6.07, 6.45) is 6.58. The molecule has 1 saturated heterocycles. The van der Waals surface area contributed by atoms with Crippen molar-refractivity contribution in [1.82, 2.24) is 4.90 Å². The van der Waals surface area contributed by atoms with Gasteiger partial charge < -0.3 is 5.73 Å². The highest BCUT2D eigenvalue weighted by atomic mass is 15.2. The Kier molecular flexibility index (Phi) is 3.67. The Balaban J connectivity index is 1.70. The van der Waals surface area contributed by atoms with Gasteiger partial charge in [-0.3, -0.25) is 4.90 Å². The number of nitrogens with two attached hydrogens (primary N) is 1. The van der Waals surface area contributed by atoms with E-state index in [4.69, 9.17) is 5.73 Å². The van der Waals surface area contributed by atoms with Crippen LogP contribution in [0.4, 0.5) is 0 Å². The average Bonchev–Trinajstić information content (AvgIpc) is 2.69. The second-order valence-electron chi connectivity index (χ2n) is 5.92. The molecule has 0 bridgehead atoms. The van der Waals surface area contributed by atoms with Crippen molar-refractivity contribution in [2.24, 2.45) is 11.7 Å². The van der Waals surface area contributed by atoms with E-state index in [0.717, 1.165) is 18.5 Å². The zero-order valence-corrected chi connectivity index (χ0v) is 11.1. The molecule has 0 radical (unpaired) electrons. The molecule has 0 aromatic heterocycles. The SMILES string of the molecule is NC1CCCCC2C1CCN2Cc1ccccc1. The first-order valence-electron chi connectivity index (χ1n) is 7.38. The first kappa shape index (κ1) is 12.2. The molecule has 3 rings (SSSR count). The van der Waals surface area contributed by atoms with Gasteiger partial charge >= 0.3 is 0 Å². The van der Waals surface area contributed by atoms with Gasteiger partial charge in [0.25, 0.3) is 0 Å². The van der Waals surface area contributed by atoms with Gasteiger partial charge in [-0.25, -0.2) is 0 Å². The lowest BCUT2D eigenvalue weighted by Crippen LogP contribution is -2.38. The number of nitrogens with zero attached hydrogens (tertiary/aromatic N) is 1. The molecular formula is C16H24N2. The minimum Gasteiger partial charge on any atom is -0.327 e. The Morgan fingerprint density at radius 3 is 2.67 bits per heavy atom. The quantitative estimate of drug-likeness (QED) is 0.867. The summed E-state index contributed by atoms with van der Waals surface area (Å²) in [5, 5.41) is 0. The molecule has 1 aromatic carbocycles. The van der Waals surface area contributed by atoms with Crippen LogP contribution in [0.25, 0.3) is 0 Å². The lowest BCUT2D eigenvalue weighted by atomic mass is 9.91. The third-order valence-corrected chi connectivity index (χ3v) is 4.78. The van der Waals surface area contributed by atoms with Gasteiger partial charge in [0.15, 0.2) is 0 Å². The van der Waals surface area contributed by atoms with E-state index >= 15 is 0 Å². The van der Waals surface area contributed by atoms with Crippen LogP contribution >= 0.6 is 0 Å². The molecule has 1 aliphatic carbocycles. The number of hydrogen-bond acceptors (Lipinski definition) is 2. The van der Waals surface area contributed by atoms with Gasteiger partial charge in [-0.2, -0.15) is 0 Å². The molecule has 2 aliphatic rings. The van der Waals surface area contributed by atoms with Crippen LogP contribution in [0.2, 0.25) is 0 Å².